The molecule has 2 aromatic carbocycles. The van der Waals surface area contributed by atoms with Crippen LogP contribution in [0.4, 0.5) is 8.78 Å². The standard InChI is InChI=1S/C19H19F2NO3/c1-12(14-6-8-18(25-3)16(21)11-14)22-19(23)9-5-13-4-7-17(24-2)15(20)10-13/h4-12H,1-3H3,(H,22,23)/b9-5+. The van der Waals surface area contributed by atoms with E-state index in [1.54, 1.807) is 19.1 Å². The van der Waals surface area contributed by atoms with Crippen molar-refractivity contribution in [2.45, 2.75) is 13.0 Å². The minimum Gasteiger partial charge on any atom is -0.494 e. The molecule has 6 heteroatoms. The highest BCUT2D eigenvalue weighted by atomic mass is 19.1. The molecule has 0 saturated carbocycles. The lowest BCUT2D eigenvalue weighted by molar-refractivity contribution is -0.117. The van der Waals surface area contributed by atoms with Crippen molar-refractivity contribution in [2.24, 2.45) is 0 Å². The highest BCUT2D eigenvalue weighted by molar-refractivity contribution is 5.92. The van der Waals surface area contributed by atoms with Crippen molar-refractivity contribution in [1.29, 1.82) is 0 Å². The van der Waals surface area contributed by atoms with Crippen LogP contribution in [0.3, 0.4) is 0 Å². The SMILES string of the molecule is COc1ccc(/C=C/C(=O)NC(C)c2ccc(OC)c(F)c2)cc1F. The van der Waals surface area contributed by atoms with Gasteiger partial charge in [-0.3, -0.25) is 4.79 Å². The summed E-state index contributed by atoms with van der Waals surface area (Å²) in [6.45, 7) is 1.74. The molecule has 0 radical (unpaired) electrons. The first-order valence-corrected chi connectivity index (χ1v) is 7.60. The van der Waals surface area contributed by atoms with Gasteiger partial charge in [0.05, 0.1) is 20.3 Å². The third-order valence-corrected chi connectivity index (χ3v) is 3.64. The summed E-state index contributed by atoms with van der Waals surface area (Å²) < 4.78 is 37.0. The fourth-order valence-corrected chi connectivity index (χ4v) is 2.26. The van der Waals surface area contributed by atoms with Crippen LogP contribution in [0.1, 0.15) is 24.1 Å². The average molecular weight is 347 g/mol. The van der Waals surface area contributed by atoms with Crippen LogP contribution in [-0.4, -0.2) is 20.1 Å². The molecule has 1 N–H and O–H groups in total. The van der Waals surface area contributed by atoms with Crippen LogP contribution >= 0.6 is 0 Å². The number of rotatable bonds is 6. The molecule has 0 aromatic heterocycles. The summed E-state index contributed by atoms with van der Waals surface area (Å²) in [5.74, 6) is -1.10. The molecular weight excluding hydrogens is 328 g/mol. The van der Waals surface area contributed by atoms with Crippen LogP contribution in [-0.2, 0) is 4.79 Å². The second-order valence-electron chi connectivity index (χ2n) is 5.35. The van der Waals surface area contributed by atoms with Gasteiger partial charge in [-0.25, -0.2) is 8.78 Å². The van der Waals surface area contributed by atoms with Crippen molar-refractivity contribution in [3.8, 4) is 11.5 Å². The fourth-order valence-electron chi connectivity index (χ4n) is 2.26. The number of nitrogens with one attached hydrogen (secondary N) is 1. The first-order chi connectivity index (χ1) is 11.9. The third-order valence-electron chi connectivity index (χ3n) is 3.64. The molecule has 1 atom stereocenters. The van der Waals surface area contributed by atoms with Gasteiger partial charge >= 0.3 is 0 Å². The summed E-state index contributed by atoms with van der Waals surface area (Å²) >= 11 is 0. The number of hydrogen-bond acceptors (Lipinski definition) is 3. The summed E-state index contributed by atoms with van der Waals surface area (Å²) in [6.07, 6.45) is 2.77. The quantitative estimate of drug-likeness (QED) is 0.807. The van der Waals surface area contributed by atoms with Crippen LogP contribution in [0.5, 0.6) is 11.5 Å². The third kappa shape index (κ3) is 4.79. The van der Waals surface area contributed by atoms with Crippen molar-refractivity contribution in [3.63, 3.8) is 0 Å². The first-order valence-electron chi connectivity index (χ1n) is 7.60. The maximum absolute atomic E-state index is 13.7. The van der Waals surface area contributed by atoms with Gasteiger partial charge in [-0.2, -0.15) is 0 Å². The number of benzene rings is 2. The molecule has 2 aromatic rings. The minimum atomic E-state index is -0.507. The minimum absolute atomic E-state index is 0.136. The van der Waals surface area contributed by atoms with E-state index in [2.05, 4.69) is 5.32 Å². The van der Waals surface area contributed by atoms with E-state index in [4.69, 9.17) is 9.47 Å². The van der Waals surface area contributed by atoms with Gasteiger partial charge in [0.25, 0.3) is 0 Å². The molecule has 0 aliphatic carbocycles. The smallest absolute Gasteiger partial charge is 0.244 e. The molecular formula is C19H19F2NO3. The van der Waals surface area contributed by atoms with Crippen LogP contribution < -0.4 is 14.8 Å². The number of amides is 1. The molecule has 4 nitrogen and oxygen atoms in total. The van der Waals surface area contributed by atoms with E-state index in [0.29, 0.717) is 11.1 Å². The molecule has 132 valence electrons. The molecule has 0 heterocycles. The maximum atomic E-state index is 13.7. The summed E-state index contributed by atoms with van der Waals surface area (Å²) in [4.78, 5) is 12.0. The Bertz CT molecular complexity index is 790. The number of halogens is 2. The zero-order chi connectivity index (χ0) is 18.4. The molecule has 0 spiro atoms. The van der Waals surface area contributed by atoms with Crippen LogP contribution in [0, 0.1) is 11.6 Å². The maximum Gasteiger partial charge on any atom is 0.244 e. The Labute approximate surface area is 145 Å². The number of hydrogen-bond donors (Lipinski definition) is 1. The Morgan fingerprint density at radius 2 is 1.64 bits per heavy atom. The Balaban J connectivity index is 2.01. The molecule has 25 heavy (non-hydrogen) atoms. The first kappa shape index (κ1) is 18.4. The van der Waals surface area contributed by atoms with Gasteiger partial charge in [-0.15, -0.1) is 0 Å². The average Bonchev–Trinajstić information content (AvgIpc) is 2.60. The number of carbonyl (C=O) groups is 1. The molecule has 1 unspecified atom stereocenters. The normalized spacial score (nSPS) is 12.0. The molecule has 1 amide bonds. The van der Waals surface area contributed by atoms with Gasteiger partial charge in [-0.05, 0) is 48.4 Å². The Morgan fingerprint density at radius 1 is 1.04 bits per heavy atom. The molecule has 0 aliphatic heterocycles. The Kier molecular flexibility index (Phi) is 6.11. The molecule has 2 rings (SSSR count). The second kappa shape index (κ2) is 8.28. The largest absolute Gasteiger partial charge is 0.494 e. The van der Waals surface area contributed by atoms with E-state index in [1.165, 1.54) is 50.6 Å². The van der Waals surface area contributed by atoms with E-state index in [9.17, 15) is 13.6 Å². The molecule has 0 bridgehead atoms. The van der Waals surface area contributed by atoms with Gasteiger partial charge in [-0.1, -0.05) is 12.1 Å². The Hall–Kier alpha value is -2.89. The number of ether oxygens (including phenoxy) is 2. The summed E-state index contributed by atoms with van der Waals surface area (Å²) in [7, 11) is 2.76. The van der Waals surface area contributed by atoms with Crippen molar-refractivity contribution in [1.82, 2.24) is 5.32 Å². The molecule has 0 saturated heterocycles. The van der Waals surface area contributed by atoms with Crippen molar-refractivity contribution in [3.05, 3.63) is 65.2 Å². The van der Waals surface area contributed by atoms with Gasteiger partial charge < -0.3 is 14.8 Å². The van der Waals surface area contributed by atoms with Gasteiger partial charge in [0, 0.05) is 6.08 Å². The highest BCUT2D eigenvalue weighted by Crippen LogP contribution is 2.22. The second-order valence-corrected chi connectivity index (χ2v) is 5.35. The zero-order valence-electron chi connectivity index (χ0n) is 14.2. The fraction of sp³-hybridized carbons (Fsp3) is 0.211. The van der Waals surface area contributed by atoms with E-state index < -0.39 is 17.7 Å². The van der Waals surface area contributed by atoms with Crippen LogP contribution in [0.15, 0.2) is 42.5 Å². The van der Waals surface area contributed by atoms with Crippen molar-refractivity contribution < 1.29 is 23.0 Å². The van der Waals surface area contributed by atoms with E-state index in [1.807, 2.05) is 0 Å². The van der Waals surface area contributed by atoms with E-state index >= 15 is 0 Å². The predicted molar refractivity (Wildman–Crippen MR) is 91.5 cm³/mol. The zero-order valence-corrected chi connectivity index (χ0v) is 14.2. The van der Waals surface area contributed by atoms with Gasteiger partial charge in [0.2, 0.25) is 5.91 Å². The van der Waals surface area contributed by atoms with E-state index in [0.717, 1.165) is 0 Å². The van der Waals surface area contributed by atoms with Crippen LogP contribution in [0.25, 0.3) is 6.08 Å². The number of methoxy groups -OCH3 is 2. The topological polar surface area (TPSA) is 47.6 Å². The monoisotopic (exact) mass is 347 g/mol. The summed E-state index contributed by atoms with van der Waals surface area (Å²) in [5, 5.41) is 2.72. The lowest BCUT2D eigenvalue weighted by Crippen LogP contribution is -2.24. The lowest BCUT2D eigenvalue weighted by atomic mass is 10.1. The van der Waals surface area contributed by atoms with Gasteiger partial charge in [0.15, 0.2) is 23.1 Å². The number of carbonyl (C=O) groups excluding carboxylic acids is 1. The van der Waals surface area contributed by atoms with Crippen LogP contribution in [0.2, 0.25) is 0 Å². The Morgan fingerprint density at radius 3 is 2.20 bits per heavy atom. The van der Waals surface area contributed by atoms with E-state index in [-0.39, 0.29) is 17.4 Å². The van der Waals surface area contributed by atoms with Gasteiger partial charge in [0.1, 0.15) is 0 Å². The predicted octanol–water partition coefficient (Wildman–Crippen LogP) is 3.87. The summed E-state index contributed by atoms with van der Waals surface area (Å²) in [5.41, 5.74) is 1.13. The van der Waals surface area contributed by atoms with Crippen molar-refractivity contribution >= 4 is 12.0 Å². The molecule has 0 aliphatic rings. The lowest BCUT2D eigenvalue weighted by Gasteiger charge is -2.14. The van der Waals surface area contributed by atoms with Crippen molar-refractivity contribution in [2.75, 3.05) is 14.2 Å². The highest BCUT2D eigenvalue weighted by Gasteiger charge is 2.11. The molecule has 0 fully saturated rings. The summed E-state index contributed by atoms with van der Waals surface area (Å²) in [6, 6.07) is 8.48.